The van der Waals surface area contributed by atoms with Gasteiger partial charge in [0.15, 0.2) is 5.54 Å². The Morgan fingerprint density at radius 3 is 2.50 bits per heavy atom. The molecule has 1 N–H and O–H groups in total. The first-order chi connectivity index (χ1) is 12.2. The van der Waals surface area contributed by atoms with Crippen molar-refractivity contribution in [1.82, 2.24) is 10.1 Å². The number of hydrogen-bond donors (Lipinski definition) is 1. The summed E-state index contributed by atoms with van der Waals surface area (Å²) in [7, 11) is 2.73. The Balaban J connectivity index is 2.23. The molecule has 1 aromatic carbocycles. The van der Waals surface area contributed by atoms with Crippen molar-refractivity contribution in [3.8, 4) is 0 Å². The average molecular weight is 433 g/mol. The number of hydroxylamine groups is 4. The first-order valence-corrected chi connectivity index (χ1v) is 8.88. The molecule has 0 aliphatic carbocycles. The number of aryl methyl sites for hydroxylation is 1. The maximum Gasteiger partial charge on any atom is 0.334 e. The van der Waals surface area contributed by atoms with Crippen molar-refractivity contribution in [1.29, 1.82) is 0 Å². The highest BCUT2D eigenvalue weighted by molar-refractivity contribution is 9.10. The lowest BCUT2D eigenvalue weighted by Crippen LogP contribution is -2.61. The molecule has 1 aliphatic rings. The summed E-state index contributed by atoms with van der Waals surface area (Å²) in [5.74, 6) is -1.78. The van der Waals surface area contributed by atoms with E-state index in [0.717, 1.165) is 0 Å². The molecule has 1 heterocycles. The molecule has 26 heavy (non-hydrogen) atoms. The Bertz CT molecular complexity index is 692. The number of amides is 1. The number of nitrogens with zero attached hydrogens (tertiary/aromatic N) is 2. The summed E-state index contributed by atoms with van der Waals surface area (Å²) in [5, 5.41) is 12.7. The van der Waals surface area contributed by atoms with Crippen LogP contribution in [0, 0.1) is 12.7 Å². The molecule has 1 aromatic rings. The van der Waals surface area contributed by atoms with Crippen LogP contribution in [0.15, 0.2) is 16.6 Å². The molecule has 0 saturated carbocycles. The van der Waals surface area contributed by atoms with Crippen molar-refractivity contribution in [3.05, 3.63) is 33.5 Å². The molecule has 0 spiro atoms. The Morgan fingerprint density at radius 1 is 1.35 bits per heavy atom. The number of rotatable bonds is 5. The van der Waals surface area contributed by atoms with Crippen LogP contribution < -0.4 is 0 Å². The molecule has 2 rings (SSSR count). The van der Waals surface area contributed by atoms with Gasteiger partial charge in [-0.1, -0.05) is 0 Å². The van der Waals surface area contributed by atoms with Gasteiger partial charge >= 0.3 is 5.97 Å². The molecule has 0 radical (unpaired) electrons. The topological polar surface area (TPSA) is 79.3 Å². The van der Waals surface area contributed by atoms with E-state index in [0.29, 0.717) is 29.3 Å². The molecule has 1 saturated heterocycles. The molecule has 9 heteroatoms. The predicted molar refractivity (Wildman–Crippen MR) is 93.7 cm³/mol. The molecule has 0 bridgehead atoms. The second-order valence-electron chi connectivity index (χ2n) is 6.21. The van der Waals surface area contributed by atoms with Crippen LogP contribution in [0.3, 0.4) is 0 Å². The predicted octanol–water partition coefficient (Wildman–Crippen LogP) is 2.23. The molecule has 144 valence electrons. The molecular formula is C17H22BrFN2O5. The highest BCUT2D eigenvalue weighted by atomic mass is 79.9. The van der Waals surface area contributed by atoms with Crippen molar-refractivity contribution < 1.29 is 28.8 Å². The highest BCUT2D eigenvalue weighted by Crippen LogP contribution is 2.30. The normalized spacial score (nSPS) is 17.0. The van der Waals surface area contributed by atoms with Gasteiger partial charge < -0.3 is 9.57 Å². The maximum absolute atomic E-state index is 13.6. The molecular weight excluding hydrogens is 411 g/mol. The fraction of sp³-hybridized carbons (Fsp3) is 0.529. The minimum atomic E-state index is -1.47. The van der Waals surface area contributed by atoms with E-state index in [9.17, 15) is 19.2 Å². The minimum Gasteiger partial charge on any atom is -0.467 e. The lowest BCUT2D eigenvalue weighted by molar-refractivity contribution is -0.228. The van der Waals surface area contributed by atoms with E-state index in [2.05, 4.69) is 15.9 Å². The molecule has 1 fully saturated rings. The number of hydrogen-bond acceptors (Lipinski definition) is 6. The van der Waals surface area contributed by atoms with Crippen LogP contribution in [0.25, 0.3) is 0 Å². The Labute approximate surface area is 159 Å². The zero-order valence-corrected chi connectivity index (χ0v) is 16.5. The van der Waals surface area contributed by atoms with Crippen molar-refractivity contribution in [2.75, 3.05) is 27.3 Å². The molecule has 1 amide bonds. The van der Waals surface area contributed by atoms with Crippen molar-refractivity contribution in [2.45, 2.75) is 31.7 Å². The third kappa shape index (κ3) is 4.06. The van der Waals surface area contributed by atoms with Crippen LogP contribution >= 0.6 is 15.9 Å². The fourth-order valence-corrected chi connectivity index (χ4v) is 3.48. The van der Waals surface area contributed by atoms with Crippen molar-refractivity contribution in [2.24, 2.45) is 0 Å². The number of benzene rings is 1. The van der Waals surface area contributed by atoms with Gasteiger partial charge in [-0.15, -0.1) is 0 Å². The van der Waals surface area contributed by atoms with Crippen LogP contribution in [0.5, 0.6) is 0 Å². The minimum absolute atomic E-state index is 0.168. The average Bonchev–Trinajstić information content (AvgIpc) is 2.64. The van der Waals surface area contributed by atoms with Crippen LogP contribution in [0.1, 0.15) is 24.0 Å². The molecule has 7 nitrogen and oxygen atoms in total. The van der Waals surface area contributed by atoms with Gasteiger partial charge in [0.2, 0.25) is 0 Å². The lowest BCUT2D eigenvalue weighted by Gasteiger charge is -2.42. The second-order valence-corrected chi connectivity index (χ2v) is 7.06. The van der Waals surface area contributed by atoms with E-state index in [4.69, 9.17) is 9.57 Å². The van der Waals surface area contributed by atoms with Crippen LogP contribution in [-0.2, 0) is 25.6 Å². The highest BCUT2D eigenvalue weighted by Gasteiger charge is 2.49. The summed E-state index contributed by atoms with van der Waals surface area (Å²) >= 11 is 3.09. The maximum atomic E-state index is 13.6. The number of ether oxygens (including phenoxy) is 1. The van der Waals surface area contributed by atoms with Crippen LogP contribution in [0.2, 0.25) is 0 Å². The van der Waals surface area contributed by atoms with Gasteiger partial charge in [-0.2, -0.15) is 5.06 Å². The zero-order chi connectivity index (χ0) is 19.5. The first kappa shape index (κ1) is 20.8. The molecule has 0 unspecified atom stereocenters. The molecule has 0 aromatic heterocycles. The van der Waals surface area contributed by atoms with E-state index < -0.39 is 23.2 Å². The van der Waals surface area contributed by atoms with E-state index in [1.165, 1.54) is 26.4 Å². The summed E-state index contributed by atoms with van der Waals surface area (Å²) in [6.07, 6.45) is 0.164. The number of piperidine rings is 1. The quantitative estimate of drug-likeness (QED) is 0.436. The molecule has 0 atom stereocenters. The first-order valence-electron chi connectivity index (χ1n) is 8.09. The summed E-state index contributed by atoms with van der Waals surface area (Å²) < 4.78 is 18.6. The smallest absolute Gasteiger partial charge is 0.334 e. The largest absolute Gasteiger partial charge is 0.467 e. The number of halogens is 2. The third-order valence-corrected chi connectivity index (χ3v) is 5.34. The van der Waals surface area contributed by atoms with Gasteiger partial charge in [-0.05, 0) is 59.0 Å². The Morgan fingerprint density at radius 2 is 1.96 bits per heavy atom. The summed E-state index contributed by atoms with van der Waals surface area (Å²) in [6, 6.07) is 2.80. The van der Waals surface area contributed by atoms with Crippen molar-refractivity contribution in [3.63, 3.8) is 0 Å². The number of carbonyl (C=O) groups is 2. The van der Waals surface area contributed by atoms with E-state index >= 15 is 0 Å². The van der Waals surface area contributed by atoms with Crippen molar-refractivity contribution >= 4 is 27.8 Å². The Kier molecular flexibility index (Phi) is 6.73. The number of carbonyl (C=O) groups excluding carboxylic acids is 2. The van der Waals surface area contributed by atoms with Crippen LogP contribution in [-0.4, -0.2) is 60.1 Å². The van der Waals surface area contributed by atoms with E-state index in [1.807, 2.05) is 0 Å². The van der Waals surface area contributed by atoms with E-state index in [-0.39, 0.29) is 23.7 Å². The molecule has 1 aliphatic heterocycles. The Hall–Kier alpha value is -1.55. The van der Waals surface area contributed by atoms with Gasteiger partial charge in [0.05, 0.1) is 25.1 Å². The standard InChI is InChI=1S/C17H22BrFN2O5/c1-11-8-14(19)13(18)9-12(11)10-15(22)21(24)17(16(23)25-2)4-6-20(26-3)7-5-17/h8-9,24H,4-7,10H2,1-3H3. The summed E-state index contributed by atoms with van der Waals surface area (Å²) in [6.45, 7) is 2.39. The fourth-order valence-electron chi connectivity index (χ4n) is 3.09. The van der Waals surface area contributed by atoms with Gasteiger partial charge in [0.1, 0.15) is 5.82 Å². The second kappa shape index (κ2) is 8.43. The zero-order valence-electron chi connectivity index (χ0n) is 14.9. The SMILES string of the molecule is COC(=O)C1(N(O)C(=O)Cc2cc(Br)c(F)cc2C)CCN(OC)CC1. The third-order valence-electron chi connectivity index (χ3n) is 4.74. The van der Waals surface area contributed by atoms with Gasteiger partial charge in [-0.25, -0.2) is 14.2 Å². The lowest BCUT2D eigenvalue weighted by atomic mass is 9.87. The van der Waals surface area contributed by atoms with Gasteiger partial charge in [0.25, 0.3) is 5.91 Å². The summed E-state index contributed by atoms with van der Waals surface area (Å²) in [5.41, 5.74) is -0.336. The number of esters is 1. The number of methoxy groups -OCH3 is 1. The summed E-state index contributed by atoms with van der Waals surface area (Å²) in [4.78, 5) is 30.1. The van der Waals surface area contributed by atoms with Gasteiger partial charge in [0, 0.05) is 13.1 Å². The van der Waals surface area contributed by atoms with E-state index in [1.54, 1.807) is 12.0 Å². The van der Waals surface area contributed by atoms with Crippen LogP contribution in [0.4, 0.5) is 4.39 Å². The van der Waals surface area contributed by atoms with Gasteiger partial charge in [-0.3, -0.25) is 10.0 Å². The monoisotopic (exact) mass is 432 g/mol.